The van der Waals surface area contributed by atoms with Gasteiger partial charge in [-0.2, -0.15) is 0 Å². The summed E-state index contributed by atoms with van der Waals surface area (Å²) < 4.78 is 5.61. The molecule has 21 heavy (non-hydrogen) atoms. The first-order valence-electron chi connectivity index (χ1n) is 7.44. The van der Waals surface area contributed by atoms with E-state index in [2.05, 4.69) is 5.32 Å². The lowest BCUT2D eigenvalue weighted by Crippen LogP contribution is -2.49. The molecule has 1 unspecified atom stereocenters. The monoisotopic (exact) mass is 292 g/mol. The zero-order chi connectivity index (χ0) is 16.2. The quantitative estimate of drug-likeness (QED) is 0.876. The molecular weight excluding hydrogens is 264 g/mol. The predicted molar refractivity (Wildman–Crippen MR) is 86.2 cm³/mol. The molecule has 3 N–H and O–H groups in total. The summed E-state index contributed by atoms with van der Waals surface area (Å²) in [5.74, 6) is 0.705. The van der Waals surface area contributed by atoms with Crippen molar-refractivity contribution in [2.24, 2.45) is 11.1 Å². The Kier molecular flexibility index (Phi) is 5.78. The fourth-order valence-corrected chi connectivity index (χ4v) is 1.89. The molecule has 118 valence electrons. The van der Waals surface area contributed by atoms with Crippen molar-refractivity contribution in [3.05, 3.63) is 29.8 Å². The summed E-state index contributed by atoms with van der Waals surface area (Å²) in [5.41, 5.74) is 6.74. The van der Waals surface area contributed by atoms with Crippen molar-refractivity contribution < 1.29 is 9.53 Å². The molecule has 0 saturated heterocycles. The fraction of sp³-hybridized carbons (Fsp3) is 0.588. The topological polar surface area (TPSA) is 64.3 Å². The lowest BCUT2D eigenvalue weighted by atomic mass is 9.86. The summed E-state index contributed by atoms with van der Waals surface area (Å²) in [4.78, 5) is 12.1. The number of hydrogen-bond acceptors (Lipinski definition) is 3. The van der Waals surface area contributed by atoms with Crippen molar-refractivity contribution in [1.82, 2.24) is 5.32 Å². The first-order chi connectivity index (χ1) is 9.61. The Morgan fingerprint density at radius 3 is 2.10 bits per heavy atom. The van der Waals surface area contributed by atoms with Crippen LogP contribution in [0.3, 0.4) is 0 Å². The van der Waals surface area contributed by atoms with Crippen LogP contribution in [-0.4, -0.2) is 18.1 Å². The van der Waals surface area contributed by atoms with E-state index < -0.39 is 6.04 Å². The fourth-order valence-electron chi connectivity index (χ4n) is 1.89. The van der Waals surface area contributed by atoms with Gasteiger partial charge in [0.05, 0.1) is 18.2 Å². The van der Waals surface area contributed by atoms with Gasteiger partial charge in [-0.05, 0) is 43.9 Å². The minimum Gasteiger partial charge on any atom is -0.491 e. The molecule has 0 bridgehead atoms. The molecule has 4 nitrogen and oxygen atoms in total. The molecular formula is C17H28N2O2. The summed E-state index contributed by atoms with van der Waals surface area (Å²) in [6.45, 7) is 11.8. The third-order valence-corrected chi connectivity index (χ3v) is 3.33. The second-order valence-corrected chi connectivity index (χ2v) is 6.81. The van der Waals surface area contributed by atoms with Crippen LogP contribution in [0.15, 0.2) is 24.3 Å². The van der Waals surface area contributed by atoms with Crippen molar-refractivity contribution in [2.75, 3.05) is 0 Å². The molecule has 0 aliphatic rings. The van der Waals surface area contributed by atoms with Crippen LogP contribution < -0.4 is 15.8 Å². The number of amides is 1. The summed E-state index contributed by atoms with van der Waals surface area (Å²) >= 11 is 0. The molecule has 0 heterocycles. The first-order valence-corrected chi connectivity index (χ1v) is 7.44. The molecule has 0 aromatic heterocycles. The van der Waals surface area contributed by atoms with Crippen LogP contribution in [0.1, 0.15) is 53.1 Å². The average Bonchev–Trinajstić information content (AvgIpc) is 2.36. The van der Waals surface area contributed by atoms with Crippen LogP contribution in [-0.2, 0) is 4.79 Å². The Labute approximate surface area is 128 Å². The smallest absolute Gasteiger partial charge is 0.237 e. The summed E-state index contributed by atoms with van der Waals surface area (Å²) in [6.07, 6.45) is 0.151. The Bertz CT molecular complexity index is 461. The van der Waals surface area contributed by atoms with Crippen LogP contribution in [0.5, 0.6) is 5.75 Å². The molecule has 1 amide bonds. The second-order valence-electron chi connectivity index (χ2n) is 6.81. The van der Waals surface area contributed by atoms with Crippen LogP contribution in [0, 0.1) is 5.41 Å². The van der Waals surface area contributed by atoms with Gasteiger partial charge in [0.1, 0.15) is 5.75 Å². The molecule has 0 aliphatic heterocycles. The minimum atomic E-state index is -0.525. The lowest BCUT2D eigenvalue weighted by Gasteiger charge is -2.27. The van der Waals surface area contributed by atoms with Crippen LogP contribution >= 0.6 is 0 Å². The maximum Gasteiger partial charge on any atom is 0.237 e. The minimum absolute atomic E-state index is 0.0843. The highest BCUT2D eigenvalue weighted by Crippen LogP contribution is 2.21. The van der Waals surface area contributed by atoms with Gasteiger partial charge >= 0.3 is 0 Å². The van der Waals surface area contributed by atoms with Crippen molar-refractivity contribution in [2.45, 2.75) is 59.7 Å². The van der Waals surface area contributed by atoms with Crippen LogP contribution in [0.25, 0.3) is 0 Å². The van der Waals surface area contributed by atoms with Gasteiger partial charge in [0, 0.05) is 0 Å². The third-order valence-electron chi connectivity index (χ3n) is 3.33. The van der Waals surface area contributed by atoms with E-state index in [1.807, 2.05) is 65.8 Å². The van der Waals surface area contributed by atoms with Crippen molar-refractivity contribution in [1.29, 1.82) is 0 Å². The SMILES string of the molecule is CC(C)Oc1ccc(C(C)NC(=O)[C@@H](N)C(C)(C)C)cc1. The van der Waals surface area contributed by atoms with E-state index in [1.54, 1.807) is 0 Å². The van der Waals surface area contributed by atoms with Gasteiger partial charge in [-0.3, -0.25) is 4.79 Å². The first kappa shape index (κ1) is 17.5. The largest absolute Gasteiger partial charge is 0.491 e. The van der Waals surface area contributed by atoms with Gasteiger partial charge in [-0.25, -0.2) is 0 Å². The average molecular weight is 292 g/mol. The number of hydrogen-bond donors (Lipinski definition) is 2. The van der Waals surface area contributed by atoms with E-state index in [-0.39, 0.29) is 23.5 Å². The van der Waals surface area contributed by atoms with Gasteiger partial charge < -0.3 is 15.8 Å². The molecule has 0 aliphatic carbocycles. The van der Waals surface area contributed by atoms with Crippen molar-refractivity contribution >= 4 is 5.91 Å². The maximum absolute atomic E-state index is 12.1. The summed E-state index contributed by atoms with van der Waals surface area (Å²) in [7, 11) is 0. The molecule has 1 aromatic carbocycles. The zero-order valence-electron chi connectivity index (χ0n) is 13.9. The molecule has 0 radical (unpaired) electrons. The van der Waals surface area contributed by atoms with Gasteiger partial charge in [0.25, 0.3) is 0 Å². The Morgan fingerprint density at radius 2 is 1.67 bits per heavy atom. The molecule has 0 spiro atoms. The van der Waals surface area contributed by atoms with E-state index in [0.29, 0.717) is 0 Å². The number of carbonyl (C=O) groups is 1. The molecule has 4 heteroatoms. The van der Waals surface area contributed by atoms with Gasteiger partial charge in [-0.1, -0.05) is 32.9 Å². The Morgan fingerprint density at radius 1 is 1.14 bits per heavy atom. The number of benzene rings is 1. The van der Waals surface area contributed by atoms with Gasteiger partial charge in [0.2, 0.25) is 5.91 Å². The van der Waals surface area contributed by atoms with Crippen molar-refractivity contribution in [3.8, 4) is 5.75 Å². The summed E-state index contributed by atoms with van der Waals surface area (Å²) in [5, 5.41) is 2.96. The second kappa shape index (κ2) is 6.94. The third kappa shape index (κ3) is 5.38. The number of nitrogens with one attached hydrogen (secondary N) is 1. The highest BCUT2D eigenvalue weighted by molar-refractivity contribution is 5.82. The van der Waals surface area contributed by atoms with E-state index in [4.69, 9.17) is 10.5 Å². The van der Waals surface area contributed by atoms with Crippen LogP contribution in [0.2, 0.25) is 0 Å². The molecule has 1 rings (SSSR count). The normalized spacial score (nSPS) is 14.7. The Balaban J connectivity index is 2.67. The molecule has 2 atom stereocenters. The number of ether oxygens (including phenoxy) is 1. The zero-order valence-corrected chi connectivity index (χ0v) is 13.9. The molecule has 0 fully saturated rings. The van der Waals surface area contributed by atoms with E-state index >= 15 is 0 Å². The van der Waals surface area contributed by atoms with Crippen LogP contribution in [0.4, 0.5) is 0 Å². The lowest BCUT2D eigenvalue weighted by molar-refractivity contribution is -0.125. The number of rotatable bonds is 5. The highest BCUT2D eigenvalue weighted by atomic mass is 16.5. The summed E-state index contributed by atoms with van der Waals surface area (Å²) in [6, 6.07) is 7.15. The number of carbonyl (C=O) groups excluding carboxylic acids is 1. The maximum atomic E-state index is 12.1. The predicted octanol–water partition coefficient (Wildman–Crippen LogP) is 3.02. The molecule has 0 saturated carbocycles. The van der Waals surface area contributed by atoms with E-state index in [0.717, 1.165) is 11.3 Å². The standard InChI is InChI=1S/C17H28N2O2/c1-11(2)21-14-9-7-13(8-10-14)12(3)19-16(20)15(18)17(4,5)6/h7-12,15H,18H2,1-6H3,(H,19,20)/t12?,15-/m1/s1. The number of nitrogens with two attached hydrogens (primary N) is 1. The van der Waals surface area contributed by atoms with Gasteiger partial charge in [0.15, 0.2) is 0 Å². The Hall–Kier alpha value is -1.55. The van der Waals surface area contributed by atoms with E-state index in [1.165, 1.54) is 0 Å². The van der Waals surface area contributed by atoms with Gasteiger partial charge in [-0.15, -0.1) is 0 Å². The molecule has 1 aromatic rings. The highest BCUT2D eigenvalue weighted by Gasteiger charge is 2.28. The van der Waals surface area contributed by atoms with E-state index in [9.17, 15) is 4.79 Å². The van der Waals surface area contributed by atoms with Crippen molar-refractivity contribution in [3.63, 3.8) is 0 Å².